The minimum Gasteiger partial charge on any atom is -0.490 e. The largest absolute Gasteiger partial charge is 0.490 e. The van der Waals surface area contributed by atoms with E-state index in [0.29, 0.717) is 34.7 Å². The van der Waals surface area contributed by atoms with Crippen LogP contribution in [0.5, 0.6) is 11.5 Å². The maximum absolute atomic E-state index is 12.5. The predicted octanol–water partition coefficient (Wildman–Crippen LogP) is 6.48. The molecule has 0 aromatic heterocycles. The van der Waals surface area contributed by atoms with Crippen LogP contribution in [-0.2, 0) is 4.79 Å². The molecule has 4 aromatic rings. The van der Waals surface area contributed by atoms with Crippen LogP contribution in [0.1, 0.15) is 38.8 Å². The number of hydrogen-bond donors (Lipinski definition) is 2. The van der Waals surface area contributed by atoms with Crippen molar-refractivity contribution in [1.82, 2.24) is 5.43 Å². The Bertz CT molecular complexity index is 1570. The van der Waals surface area contributed by atoms with Gasteiger partial charge in [-0.25, -0.2) is 10.2 Å². The molecule has 0 unspecified atom stereocenters. The summed E-state index contributed by atoms with van der Waals surface area (Å²) in [7, 11) is 0. The molecule has 0 aliphatic rings. The van der Waals surface area contributed by atoms with Gasteiger partial charge in [0.15, 0.2) is 11.5 Å². The standard InChI is InChI=1S/C32H26BrN3O5/c1-2-40-29-20-23(8-18-28(29)41-32(39)25-10-14-26(33)15-11-25)21-34-36-31(38)24-12-16-27(17-13-24)35-30(37)19-9-22-6-4-3-5-7-22/h3-21H,2H2,1H3,(H,35,37)(H,36,38)/b19-9+,34-21-. The highest BCUT2D eigenvalue weighted by molar-refractivity contribution is 9.10. The Hall–Kier alpha value is -5.02. The van der Waals surface area contributed by atoms with Crippen LogP contribution >= 0.6 is 15.9 Å². The van der Waals surface area contributed by atoms with E-state index in [-0.39, 0.29) is 11.7 Å². The first-order valence-electron chi connectivity index (χ1n) is 12.6. The third-order valence-corrected chi connectivity index (χ3v) is 6.10. The maximum atomic E-state index is 12.5. The smallest absolute Gasteiger partial charge is 0.343 e. The van der Waals surface area contributed by atoms with Gasteiger partial charge < -0.3 is 14.8 Å². The second-order valence-electron chi connectivity index (χ2n) is 8.55. The van der Waals surface area contributed by atoms with Gasteiger partial charge in [0.2, 0.25) is 5.91 Å². The first-order valence-corrected chi connectivity index (χ1v) is 13.4. The molecule has 0 fully saturated rings. The molecule has 0 spiro atoms. The second kappa shape index (κ2) is 14.4. The van der Waals surface area contributed by atoms with Crippen molar-refractivity contribution in [2.75, 3.05) is 11.9 Å². The lowest BCUT2D eigenvalue weighted by Crippen LogP contribution is -2.17. The van der Waals surface area contributed by atoms with Crippen LogP contribution in [0.15, 0.2) is 113 Å². The Labute approximate surface area is 245 Å². The van der Waals surface area contributed by atoms with Crippen LogP contribution < -0.4 is 20.2 Å². The zero-order valence-corrected chi connectivity index (χ0v) is 23.6. The number of benzene rings is 4. The molecule has 0 aliphatic carbocycles. The van der Waals surface area contributed by atoms with Crippen molar-refractivity contribution in [2.45, 2.75) is 6.92 Å². The molecule has 0 saturated heterocycles. The van der Waals surface area contributed by atoms with Gasteiger partial charge in [0, 0.05) is 21.8 Å². The topological polar surface area (TPSA) is 106 Å². The number of hydrazone groups is 1. The zero-order valence-electron chi connectivity index (χ0n) is 22.0. The van der Waals surface area contributed by atoms with Crippen LogP contribution in [0.25, 0.3) is 6.08 Å². The van der Waals surface area contributed by atoms with Crippen molar-refractivity contribution in [3.8, 4) is 11.5 Å². The number of carbonyl (C=O) groups is 3. The predicted molar refractivity (Wildman–Crippen MR) is 162 cm³/mol. The summed E-state index contributed by atoms with van der Waals surface area (Å²) in [5.74, 6) is -0.584. The van der Waals surface area contributed by atoms with Crippen molar-refractivity contribution < 1.29 is 23.9 Å². The summed E-state index contributed by atoms with van der Waals surface area (Å²) < 4.78 is 12.0. The Balaban J connectivity index is 1.32. The van der Waals surface area contributed by atoms with Crippen LogP contribution in [0, 0.1) is 0 Å². The molecule has 41 heavy (non-hydrogen) atoms. The molecule has 4 rings (SSSR count). The molecular formula is C32H26BrN3O5. The maximum Gasteiger partial charge on any atom is 0.343 e. The van der Waals surface area contributed by atoms with Gasteiger partial charge in [0.25, 0.3) is 5.91 Å². The number of carbonyl (C=O) groups excluding carboxylic acids is 3. The van der Waals surface area contributed by atoms with E-state index in [2.05, 4.69) is 31.8 Å². The molecule has 2 N–H and O–H groups in total. The lowest BCUT2D eigenvalue weighted by Gasteiger charge is -2.11. The monoisotopic (exact) mass is 611 g/mol. The third-order valence-electron chi connectivity index (χ3n) is 5.57. The van der Waals surface area contributed by atoms with E-state index in [1.54, 1.807) is 72.8 Å². The molecule has 0 bridgehead atoms. The van der Waals surface area contributed by atoms with Gasteiger partial charge in [0.05, 0.1) is 18.4 Å². The fraction of sp³-hybridized carbons (Fsp3) is 0.0625. The van der Waals surface area contributed by atoms with Crippen molar-refractivity contribution in [3.05, 3.63) is 130 Å². The fourth-order valence-corrected chi connectivity index (χ4v) is 3.82. The second-order valence-corrected chi connectivity index (χ2v) is 9.46. The molecule has 0 saturated carbocycles. The lowest BCUT2D eigenvalue weighted by molar-refractivity contribution is -0.111. The third kappa shape index (κ3) is 8.74. The van der Waals surface area contributed by atoms with E-state index in [9.17, 15) is 14.4 Å². The summed E-state index contributed by atoms with van der Waals surface area (Å²) in [6.07, 6.45) is 4.62. The normalized spacial score (nSPS) is 10.9. The Kier molecular flexibility index (Phi) is 10.2. The molecule has 206 valence electrons. The molecule has 0 aliphatic heterocycles. The summed E-state index contributed by atoms with van der Waals surface area (Å²) in [4.78, 5) is 37.2. The lowest BCUT2D eigenvalue weighted by atomic mass is 10.2. The number of nitrogens with zero attached hydrogens (tertiary/aromatic N) is 1. The van der Waals surface area contributed by atoms with Crippen LogP contribution in [0.2, 0.25) is 0 Å². The van der Waals surface area contributed by atoms with Crippen molar-refractivity contribution >= 4 is 51.7 Å². The molecular weight excluding hydrogens is 586 g/mol. The molecule has 0 heterocycles. The molecule has 0 radical (unpaired) electrons. The van der Waals surface area contributed by atoms with Gasteiger partial charge in [-0.2, -0.15) is 5.10 Å². The first kappa shape index (κ1) is 29.0. The van der Waals surface area contributed by atoms with E-state index >= 15 is 0 Å². The van der Waals surface area contributed by atoms with Crippen molar-refractivity contribution in [1.29, 1.82) is 0 Å². The molecule has 2 amide bonds. The van der Waals surface area contributed by atoms with Gasteiger partial charge in [-0.1, -0.05) is 46.3 Å². The summed E-state index contributed by atoms with van der Waals surface area (Å²) in [6, 6.07) is 27.7. The number of esters is 1. The summed E-state index contributed by atoms with van der Waals surface area (Å²) >= 11 is 3.34. The van der Waals surface area contributed by atoms with E-state index in [0.717, 1.165) is 10.0 Å². The number of anilines is 1. The quantitative estimate of drug-likeness (QED) is 0.0701. The highest BCUT2D eigenvalue weighted by atomic mass is 79.9. The summed E-state index contributed by atoms with van der Waals surface area (Å²) in [6.45, 7) is 2.18. The van der Waals surface area contributed by atoms with Gasteiger partial charge in [0.1, 0.15) is 0 Å². The fourth-order valence-electron chi connectivity index (χ4n) is 3.56. The highest BCUT2D eigenvalue weighted by Crippen LogP contribution is 2.29. The van der Waals surface area contributed by atoms with Gasteiger partial charge >= 0.3 is 5.97 Å². The average Bonchev–Trinajstić information content (AvgIpc) is 2.98. The van der Waals surface area contributed by atoms with E-state index in [4.69, 9.17) is 9.47 Å². The summed E-state index contributed by atoms with van der Waals surface area (Å²) in [5, 5.41) is 6.77. The molecule has 0 atom stereocenters. The highest BCUT2D eigenvalue weighted by Gasteiger charge is 2.13. The van der Waals surface area contributed by atoms with Gasteiger partial charge in [-0.15, -0.1) is 0 Å². The molecule has 9 heteroatoms. The Morgan fingerprint density at radius 2 is 1.54 bits per heavy atom. The number of ether oxygens (including phenoxy) is 2. The minimum absolute atomic E-state index is 0.267. The van der Waals surface area contributed by atoms with Crippen LogP contribution in [0.4, 0.5) is 5.69 Å². The molecule has 8 nitrogen and oxygen atoms in total. The summed E-state index contributed by atoms with van der Waals surface area (Å²) in [5.41, 5.74) is 5.33. The zero-order chi connectivity index (χ0) is 29.0. The number of nitrogens with one attached hydrogen (secondary N) is 2. The number of hydrogen-bond acceptors (Lipinski definition) is 6. The van der Waals surface area contributed by atoms with E-state index in [1.807, 2.05) is 37.3 Å². The number of amides is 2. The van der Waals surface area contributed by atoms with Crippen molar-refractivity contribution in [2.24, 2.45) is 5.10 Å². The molecule has 4 aromatic carbocycles. The number of halogens is 1. The first-order chi connectivity index (χ1) is 19.9. The Morgan fingerprint density at radius 1 is 0.829 bits per heavy atom. The Morgan fingerprint density at radius 3 is 2.24 bits per heavy atom. The average molecular weight is 612 g/mol. The van der Waals surface area contributed by atoms with Crippen LogP contribution in [0.3, 0.4) is 0 Å². The van der Waals surface area contributed by atoms with Crippen molar-refractivity contribution in [3.63, 3.8) is 0 Å². The minimum atomic E-state index is -0.513. The van der Waals surface area contributed by atoms with E-state index < -0.39 is 11.9 Å². The SMILES string of the molecule is CCOc1cc(/C=N\NC(=O)c2ccc(NC(=O)/C=C/c3ccccc3)cc2)ccc1OC(=O)c1ccc(Br)cc1. The van der Waals surface area contributed by atoms with E-state index in [1.165, 1.54) is 12.3 Å². The number of rotatable bonds is 10. The van der Waals surface area contributed by atoms with Gasteiger partial charge in [-0.3, -0.25) is 9.59 Å². The van der Waals surface area contributed by atoms with Gasteiger partial charge in [-0.05, 0) is 90.9 Å². The van der Waals surface area contributed by atoms with Crippen LogP contribution in [-0.4, -0.2) is 30.6 Å².